The molecule has 2 heteroatoms. The SMILES string of the molecule is CNC(C)COC1CCC(c2ccccc2)CC1. The monoisotopic (exact) mass is 247 g/mol. The Labute approximate surface area is 111 Å². The Kier molecular flexibility index (Phi) is 5.21. The first-order valence-electron chi connectivity index (χ1n) is 7.13. The van der Waals surface area contributed by atoms with Crippen molar-refractivity contribution in [2.75, 3.05) is 13.7 Å². The molecule has 0 heterocycles. The molecule has 1 unspecified atom stereocenters. The maximum atomic E-state index is 5.96. The smallest absolute Gasteiger partial charge is 0.0620 e. The van der Waals surface area contributed by atoms with Gasteiger partial charge < -0.3 is 10.1 Å². The molecule has 1 aromatic rings. The standard InChI is InChI=1S/C16H25NO/c1-13(17-2)12-18-16-10-8-15(9-11-16)14-6-4-3-5-7-14/h3-7,13,15-17H,8-12H2,1-2H3. The molecule has 0 amide bonds. The third-order valence-corrected chi connectivity index (χ3v) is 4.02. The average Bonchev–Trinajstić information content (AvgIpc) is 2.46. The highest BCUT2D eigenvalue weighted by atomic mass is 16.5. The highest BCUT2D eigenvalue weighted by Crippen LogP contribution is 2.33. The number of hydrogen-bond donors (Lipinski definition) is 1. The molecule has 18 heavy (non-hydrogen) atoms. The van der Waals surface area contributed by atoms with Crippen molar-refractivity contribution in [3.63, 3.8) is 0 Å². The Morgan fingerprint density at radius 3 is 2.44 bits per heavy atom. The van der Waals surface area contributed by atoms with Gasteiger partial charge in [-0.25, -0.2) is 0 Å². The van der Waals surface area contributed by atoms with E-state index in [1.165, 1.54) is 31.2 Å². The lowest BCUT2D eigenvalue weighted by atomic mass is 9.83. The molecule has 0 saturated heterocycles. The minimum Gasteiger partial charge on any atom is -0.377 e. The van der Waals surface area contributed by atoms with Gasteiger partial charge in [-0.3, -0.25) is 0 Å². The van der Waals surface area contributed by atoms with Crippen molar-refractivity contribution in [2.45, 2.75) is 50.7 Å². The van der Waals surface area contributed by atoms with Gasteiger partial charge in [-0.1, -0.05) is 30.3 Å². The summed E-state index contributed by atoms with van der Waals surface area (Å²) in [6.45, 7) is 2.99. The number of benzene rings is 1. The van der Waals surface area contributed by atoms with Crippen LogP contribution < -0.4 is 5.32 Å². The van der Waals surface area contributed by atoms with Gasteiger partial charge in [-0.15, -0.1) is 0 Å². The number of likely N-dealkylation sites (N-methyl/N-ethyl adjacent to an activating group) is 1. The summed E-state index contributed by atoms with van der Waals surface area (Å²) in [7, 11) is 1.99. The zero-order valence-electron chi connectivity index (χ0n) is 11.6. The van der Waals surface area contributed by atoms with Crippen LogP contribution in [-0.2, 0) is 4.74 Å². The van der Waals surface area contributed by atoms with Crippen molar-refractivity contribution in [1.82, 2.24) is 5.32 Å². The van der Waals surface area contributed by atoms with E-state index in [2.05, 4.69) is 42.6 Å². The van der Waals surface area contributed by atoms with Crippen LogP contribution in [-0.4, -0.2) is 25.8 Å². The summed E-state index contributed by atoms with van der Waals surface area (Å²) in [5.74, 6) is 0.743. The Morgan fingerprint density at radius 1 is 1.17 bits per heavy atom. The first-order chi connectivity index (χ1) is 8.79. The van der Waals surface area contributed by atoms with Crippen molar-refractivity contribution < 1.29 is 4.74 Å². The Morgan fingerprint density at radius 2 is 1.83 bits per heavy atom. The molecule has 1 aromatic carbocycles. The summed E-state index contributed by atoms with van der Waals surface area (Å²) < 4.78 is 5.96. The maximum Gasteiger partial charge on any atom is 0.0620 e. The normalized spacial score (nSPS) is 25.9. The van der Waals surface area contributed by atoms with E-state index >= 15 is 0 Å². The van der Waals surface area contributed by atoms with E-state index in [-0.39, 0.29) is 0 Å². The van der Waals surface area contributed by atoms with Gasteiger partial charge in [-0.2, -0.15) is 0 Å². The van der Waals surface area contributed by atoms with Crippen LogP contribution in [0.4, 0.5) is 0 Å². The second-order valence-corrected chi connectivity index (χ2v) is 5.41. The molecule has 0 aromatic heterocycles. The van der Waals surface area contributed by atoms with Crippen molar-refractivity contribution in [3.05, 3.63) is 35.9 Å². The first-order valence-corrected chi connectivity index (χ1v) is 7.13. The van der Waals surface area contributed by atoms with Gasteiger partial charge in [0.2, 0.25) is 0 Å². The molecule has 0 spiro atoms. The van der Waals surface area contributed by atoms with Crippen LogP contribution in [0.3, 0.4) is 0 Å². The van der Waals surface area contributed by atoms with Crippen LogP contribution in [0.15, 0.2) is 30.3 Å². The summed E-state index contributed by atoms with van der Waals surface area (Å²) in [6.07, 6.45) is 5.41. The zero-order chi connectivity index (χ0) is 12.8. The maximum absolute atomic E-state index is 5.96. The summed E-state index contributed by atoms with van der Waals surface area (Å²) in [5, 5.41) is 3.21. The lowest BCUT2D eigenvalue weighted by molar-refractivity contribution is 0.0158. The molecule has 1 N–H and O–H groups in total. The van der Waals surface area contributed by atoms with Crippen LogP contribution >= 0.6 is 0 Å². The molecular weight excluding hydrogens is 222 g/mol. The molecule has 2 rings (SSSR count). The molecule has 0 bridgehead atoms. The zero-order valence-corrected chi connectivity index (χ0v) is 11.6. The molecule has 1 atom stereocenters. The molecule has 100 valence electrons. The lowest BCUT2D eigenvalue weighted by Crippen LogP contribution is -2.30. The Hall–Kier alpha value is -0.860. The highest BCUT2D eigenvalue weighted by Gasteiger charge is 2.22. The van der Waals surface area contributed by atoms with Crippen LogP contribution in [0.25, 0.3) is 0 Å². The predicted octanol–water partition coefficient (Wildman–Crippen LogP) is 3.34. The number of ether oxygens (including phenoxy) is 1. The summed E-state index contributed by atoms with van der Waals surface area (Å²) in [4.78, 5) is 0. The van der Waals surface area contributed by atoms with E-state index < -0.39 is 0 Å². The lowest BCUT2D eigenvalue weighted by Gasteiger charge is -2.29. The summed E-state index contributed by atoms with van der Waals surface area (Å²) >= 11 is 0. The second kappa shape index (κ2) is 6.91. The molecule has 0 aliphatic heterocycles. The van der Waals surface area contributed by atoms with Crippen molar-refractivity contribution in [2.24, 2.45) is 0 Å². The topological polar surface area (TPSA) is 21.3 Å². The molecule has 1 aliphatic carbocycles. The highest BCUT2D eigenvalue weighted by molar-refractivity contribution is 5.19. The minimum absolute atomic E-state index is 0.455. The third-order valence-electron chi connectivity index (χ3n) is 4.02. The second-order valence-electron chi connectivity index (χ2n) is 5.41. The van der Waals surface area contributed by atoms with E-state index in [0.717, 1.165) is 12.5 Å². The fourth-order valence-corrected chi connectivity index (χ4v) is 2.65. The minimum atomic E-state index is 0.455. The van der Waals surface area contributed by atoms with E-state index in [1.807, 2.05) is 7.05 Å². The largest absolute Gasteiger partial charge is 0.377 e. The molecule has 1 saturated carbocycles. The van der Waals surface area contributed by atoms with Gasteiger partial charge in [0.25, 0.3) is 0 Å². The average molecular weight is 247 g/mol. The quantitative estimate of drug-likeness (QED) is 0.861. The van der Waals surface area contributed by atoms with Crippen molar-refractivity contribution in [3.8, 4) is 0 Å². The van der Waals surface area contributed by atoms with Crippen LogP contribution in [0, 0.1) is 0 Å². The van der Waals surface area contributed by atoms with Crippen LogP contribution in [0.2, 0.25) is 0 Å². The van der Waals surface area contributed by atoms with Crippen LogP contribution in [0.5, 0.6) is 0 Å². The van der Waals surface area contributed by atoms with Gasteiger partial charge in [0.1, 0.15) is 0 Å². The molecule has 0 radical (unpaired) electrons. The van der Waals surface area contributed by atoms with Gasteiger partial charge in [0.05, 0.1) is 12.7 Å². The summed E-state index contributed by atoms with van der Waals surface area (Å²) in [6, 6.07) is 11.4. The van der Waals surface area contributed by atoms with Gasteiger partial charge >= 0.3 is 0 Å². The number of rotatable bonds is 5. The fraction of sp³-hybridized carbons (Fsp3) is 0.625. The predicted molar refractivity (Wildman–Crippen MR) is 75.9 cm³/mol. The molecular formula is C16H25NO. The van der Waals surface area contributed by atoms with E-state index in [1.54, 1.807) is 0 Å². The Balaban J connectivity index is 1.75. The molecule has 1 aliphatic rings. The van der Waals surface area contributed by atoms with Gasteiger partial charge in [-0.05, 0) is 51.1 Å². The van der Waals surface area contributed by atoms with Crippen molar-refractivity contribution >= 4 is 0 Å². The fourth-order valence-electron chi connectivity index (χ4n) is 2.65. The first kappa shape index (κ1) is 13.6. The summed E-state index contributed by atoms with van der Waals surface area (Å²) in [5.41, 5.74) is 1.50. The number of hydrogen-bond acceptors (Lipinski definition) is 2. The number of nitrogens with one attached hydrogen (secondary N) is 1. The van der Waals surface area contributed by atoms with Gasteiger partial charge in [0, 0.05) is 6.04 Å². The van der Waals surface area contributed by atoms with Gasteiger partial charge in [0.15, 0.2) is 0 Å². The molecule has 2 nitrogen and oxygen atoms in total. The van der Waals surface area contributed by atoms with Crippen molar-refractivity contribution in [1.29, 1.82) is 0 Å². The van der Waals surface area contributed by atoms with Crippen LogP contribution in [0.1, 0.15) is 44.1 Å². The molecule has 1 fully saturated rings. The third kappa shape index (κ3) is 3.82. The van der Waals surface area contributed by atoms with E-state index in [0.29, 0.717) is 12.1 Å². The Bertz CT molecular complexity index is 330. The van der Waals surface area contributed by atoms with E-state index in [9.17, 15) is 0 Å². The van der Waals surface area contributed by atoms with E-state index in [4.69, 9.17) is 4.74 Å².